The predicted octanol–water partition coefficient (Wildman–Crippen LogP) is 1.79. The number of hydrazine groups is 1. The van der Waals surface area contributed by atoms with Gasteiger partial charge >= 0.3 is 0 Å². The number of carbonyl (C=O) groups is 2. The molecule has 22 heavy (non-hydrogen) atoms. The summed E-state index contributed by atoms with van der Waals surface area (Å²) in [7, 11) is 0. The molecule has 5 nitrogen and oxygen atoms in total. The third kappa shape index (κ3) is 2.95. The standard InChI is InChI=1S/C16H14FN3O2/c17-13-6-2-1-5-10(13)11-9-12(11)15(21)19-20-16(22)14-7-3-4-8-18-14/h1-8,11-12H,9H2,(H,19,21)(H,20,22)/t11-,12-/m0/s1. The molecule has 1 fully saturated rings. The third-order valence-electron chi connectivity index (χ3n) is 3.63. The number of rotatable bonds is 3. The number of hydrogen-bond donors (Lipinski definition) is 2. The average Bonchev–Trinajstić information content (AvgIpc) is 3.34. The van der Waals surface area contributed by atoms with Crippen molar-refractivity contribution in [3.8, 4) is 0 Å². The Morgan fingerprint density at radius 3 is 2.59 bits per heavy atom. The fraction of sp³-hybridized carbons (Fsp3) is 0.188. The first-order chi connectivity index (χ1) is 10.7. The first-order valence-corrected chi connectivity index (χ1v) is 6.92. The van der Waals surface area contributed by atoms with Crippen molar-refractivity contribution >= 4 is 11.8 Å². The second kappa shape index (κ2) is 5.93. The van der Waals surface area contributed by atoms with E-state index in [0.29, 0.717) is 12.0 Å². The molecule has 3 rings (SSSR count). The fourth-order valence-corrected chi connectivity index (χ4v) is 2.38. The molecular formula is C16H14FN3O2. The van der Waals surface area contributed by atoms with Gasteiger partial charge in [0, 0.05) is 12.1 Å². The smallest absolute Gasteiger partial charge is 0.273 e. The van der Waals surface area contributed by atoms with Gasteiger partial charge in [0.25, 0.3) is 5.91 Å². The fourth-order valence-electron chi connectivity index (χ4n) is 2.38. The molecular weight excluding hydrogens is 285 g/mol. The molecule has 2 aromatic rings. The summed E-state index contributed by atoms with van der Waals surface area (Å²) in [4.78, 5) is 27.6. The number of nitrogens with one attached hydrogen (secondary N) is 2. The van der Waals surface area contributed by atoms with E-state index in [1.165, 1.54) is 12.3 Å². The molecule has 112 valence electrons. The third-order valence-corrected chi connectivity index (χ3v) is 3.63. The number of aromatic nitrogens is 1. The van der Waals surface area contributed by atoms with E-state index >= 15 is 0 Å². The Labute approximate surface area is 126 Å². The maximum Gasteiger partial charge on any atom is 0.288 e. The van der Waals surface area contributed by atoms with E-state index in [4.69, 9.17) is 0 Å². The van der Waals surface area contributed by atoms with Crippen LogP contribution in [0.1, 0.15) is 28.4 Å². The quantitative estimate of drug-likeness (QED) is 0.849. The minimum absolute atomic E-state index is 0.132. The molecule has 0 unspecified atom stereocenters. The molecule has 1 aromatic carbocycles. The van der Waals surface area contributed by atoms with Crippen molar-refractivity contribution in [1.82, 2.24) is 15.8 Å². The highest BCUT2D eigenvalue weighted by Crippen LogP contribution is 2.48. The van der Waals surface area contributed by atoms with Gasteiger partial charge < -0.3 is 0 Å². The molecule has 0 aliphatic heterocycles. The molecule has 1 aliphatic rings. The lowest BCUT2D eigenvalue weighted by atomic mass is 10.1. The molecule has 1 aliphatic carbocycles. The normalized spacial score (nSPS) is 19.3. The van der Waals surface area contributed by atoms with E-state index in [0.717, 1.165) is 0 Å². The molecule has 1 heterocycles. The Bertz CT molecular complexity index is 706. The zero-order valence-corrected chi connectivity index (χ0v) is 11.6. The van der Waals surface area contributed by atoms with E-state index in [9.17, 15) is 14.0 Å². The summed E-state index contributed by atoms with van der Waals surface area (Å²) in [6, 6.07) is 11.3. The number of pyridine rings is 1. The first kappa shape index (κ1) is 14.2. The van der Waals surface area contributed by atoms with Crippen LogP contribution in [-0.2, 0) is 4.79 Å². The van der Waals surface area contributed by atoms with Gasteiger partial charge in [-0.3, -0.25) is 25.4 Å². The van der Waals surface area contributed by atoms with E-state index in [2.05, 4.69) is 15.8 Å². The van der Waals surface area contributed by atoms with Crippen molar-refractivity contribution in [2.45, 2.75) is 12.3 Å². The SMILES string of the molecule is O=C(NNC(=O)[C@H]1C[C@H]1c1ccccc1F)c1ccccn1. The maximum atomic E-state index is 13.6. The van der Waals surface area contributed by atoms with Crippen molar-refractivity contribution in [1.29, 1.82) is 0 Å². The summed E-state index contributed by atoms with van der Waals surface area (Å²) in [6.45, 7) is 0. The lowest BCUT2D eigenvalue weighted by molar-refractivity contribution is -0.123. The number of halogens is 1. The van der Waals surface area contributed by atoms with Crippen LogP contribution < -0.4 is 10.9 Å². The van der Waals surface area contributed by atoms with E-state index in [1.807, 2.05) is 0 Å². The lowest BCUT2D eigenvalue weighted by Crippen LogP contribution is -2.42. The molecule has 0 saturated heterocycles. The Kier molecular flexibility index (Phi) is 3.82. The number of amides is 2. The van der Waals surface area contributed by atoms with Crippen LogP contribution in [0, 0.1) is 11.7 Å². The van der Waals surface area contributed by atoms with Crippen LogP contribution in [0.25, 0.3) is 0 Å². The summed E-state index contributed by atoms with van der Waals surface area (Å²) < 4.78 is 13.6. The predicted molar refractivity (Wildman–Crippen MR) is 77.1 cm³/mol. The number of carbonyl (C=O) groups excluding carboxylic acids is 2. The molecule has 2 atom stereocenters. The van der Waals surface area contributed by atoms with Gasteiger partial charge in [-0.25, -0.2) is 4.39 Å². The monoisotopic (exact) mass is 299 g/mol. The van der Waals surface area contributed by atoms with Crippen LogP contribution >= 0.6 is 0 Å². The molecule has 0 spiro atoms. The number of nitrogens with zero attached hydrogens (tertiary/aromatic N) is 1. The minimum Gasteiger partial charge on any atom is -0.273 e. The van der Waals surface area contributed by atoms with Crippen molar-refractivity contribution in [3.05, 3.63) is 65.7 Å². The molecule has 6 heteroatoms. The minimum atomic E-state index is -0.489. The summed E-state index contributed by atoms with van der Waals surface area (Å²) in [5.74, 6) is -1.57. The van der Waals surface area contributed by atoms with Gasteiger partial charge in [-0.2, -0.15) is 0 Å². The highest BCUT2D eigenvalue weighted by molar-refractivity contribution is 5.94. The Morgan fingerprint density at radius 1 is 1.09 bits per heavy atom. The van der Waals surface area contributed by atoms with Crippen molar-refractivity contribution in [3.63, 3.8) is 0 Å². The van der Waals surface area contributed by atoms with Gasteiger partial charge in [-0.1, -0.05) is 24.3 Å². The first-order valence-electron chi connectivity index (χ1n) is 6.92. The number of hydrogen-bond acceptors (Lipinski definition) is 3. The van der Waals surface area contributed by atoms with Crippen molar-refractivity contribution in [2.24, 2.45) is 5.92 Å². The van der Waals surface area contributed by atoms with Crippen LogP contribution in [0.3, 0.4) is 0 Å². The molecule has 1 saturated carbocycles. The Morgan fingerprint density at radius 2 is 1.86 bits per heavy atom. The van der Waals surface area contributed by atoms with Crippen LogP contribution in [0.15, 0.2) is 48.7 Å². The van der Waals surface area contributed by atoms with Gasteiger partial charge in [0.2, 0.25) is 5.91 Å². The topological polar surface area (TPSA) is 71.1 Å². The molecule has 2 N–H and O–H groups in total. The van der Waals surface area contributed by atoms with Crippen LogP contribution in [0.5, 0.6) is 0 Å². The second-order valence-electron chi connectivity index (χ2n) is 5.13. The van der Waals surface area contributed by atoms with Crippen molar-refractivity contribution in [2.75, 3.05) is 0 Å². The van der Waals surface area contributed by atoms with E-state index < -0.39 is 5.91 Å². The largest absolute Gasteiger partial charge is 0.288 e. The van der Waals surface area contributed by atoms with Crippen molar-refractivity contribution < 1.29 is 14.0 Å². The van der Waals surface area contributed by atoms with Gasteiger partial charge in [0.1, 0.15) is 11.5 Å². The Balaban J connectivity index is 1.54. The summed E-state index contributed by atoms with van der Waals surface area (Å²) >= 11 is 0. The van der Waals surface area contributed by atoms with Crippen LogP contribution in [0.4, 0.5) is 4.39 Å². The highest BCUT2D eigenvalue weighted by atomic mass is 19.1. The molecule has 2 amide bonds. The van der Waals surface area contributed by atoms with Crippen LogP contribution in [0.2, 0.25) is 0 Å². The second-order valence-corrected chi connectivity index (χ2v) is 5.13. The van der Waals surface area contributed by atoms with Gasteiger partial charge in [0.15, 0.2) is 0 Å². The summed E-state index contributed by atoms with van der Waals surface area (Å²) in [5.41, 5.74) is 5.43. The molecule has 1 aromatic heterocycles. The van der Waals surface area contributed by atoms with Gasteiger partial charge in [0.05, 0.1) is 0 Å². The lowest BCUT2D eigenvalue weighted by Gasteiger charge is -2.07. The van der Waals surface area contributed by atoms with Crippen LogP contribution in [-0.4, -0.2) is 16.8 Å². The highest BCUT2D eigenvalue weighted by Gasteiger charge is 2.45. The molecule has 0 radical (unpaired) electrons. The van der Waals surface area contributed by atoms with Gasteiger partial charge in [-0.15, -0.1) is 0 Å². The summed E-state index contributed by atoms with van der Waals surface area (Å²) in [5, 5.41) is 0. The average molecular weight is 299 g/mol. The zero-order chi connectivity index (χ0) is 15.5. The summed E-state index contributed by atoms with van der Waals surface area (Å²) in [6.07, 6.45) is 2.07. The van der Waals surface area contributed by atoms with Gasteiger partial charge in [-0.05, 0) is 36.1 Å². The maximum absolute atomic E-state index is 13.6. The van der Waals surface area contributed by atoms with E-state index in [1.54, 1.807) is 36.4 Å². The molecule has 0 bridgehead atoms. The Hall–Kier alpha value is -2.76. The zero-order valence-electron chi connectivity index (χ0n) is 11.6. The van der Waals surface area contributed by atoms with E-state index in [-0.39, 0.29) is 29.3 Å². The number of benzene rings is 1.